The van der Waals surface area contributed by atoms with Gasteiger partial charge in [-0.05, 0) is 35.4 Å². The molecule has 20 heavy (non-hydrogen) atoms. The number of methoxy groups -OCH3 is 1. The van der Waals surface area contributed by atoms with E-state index in [1.807, 2.05) is 4.68 Å². The maximum absolute atomic E-state index is 5.92. The van der Waals surface area contributed by atoms with E-state index in [1.165, 1.54) is 6.33 Å². The van der Waals surface area contributed by atoms with Crippen LogP contribution in [-0.4, -0.2) is 46.1 Å². The maximum atomic E-state index is 5.92. The first-order valence-electron chi connectivity index (χ1n) is 6.57. The molecule has 3 heterocycles. The number of hydrogen-bond acceptors (Lipinski definition) is 6. The van der Waals surface area contributed by atoms with Crippen molar-refractivity contribution in [3.05, 3.63) is 10.0 Å². The van der Waals surface area contributed by atoms with E-state index < -0.39 is 0 Å². The third-order valence-electron chi connectivity index (χ3n) is 3.69. The lowest BCUT2D eigenvalue weighted by Gasteiger charge is -2.11. The summed E-state index contributed by atoms with van der Waals surface area (Å²) in [6, 6.07) is 0.771. The first-order chi connectivity index (χ1) is 9.70. The van der Waals surface area contributed by atoms with E-state index in [1.54, 1.807) is 7.11 Å². The van der Waals surface area contributed by atoms with Gasteiger partial charge in [0.1, 0.15) is 15.8 Å². The van der Waals surface area contributed by atoms with E-state index >= 15 is 0 Å². The molecule has 1 saturated heterocycles. The fourth-order valence-corrected chi connectivity index (χ4v) is 3.42. The van der Waals surface area contributed by atoms with E-state index in [9.17, 15) is 0 Å². The minimum absolute atomic E-state index is 0.303. The maximum Gasteiger partial charge on any atom is 0.164 e. The van der Waals surface area contributed by atoms with Crippen molar-refractivity contribution in [1.82, 2.24) is 25.1 Å². The molecule has 108 valence electrons. The van der Waals surface area contributed by atoms with Gasteiger partial charge in [-0.1, -0.05) is 0 Å². The summed E-state index contributed by atoms with van der Waals surface area (Å²) in [7, 11) is 1.73. The molecule has 3 N–H and O–H groups in total. The van der Waals surface area contributed by atoms with Crippen LogP contribution in [0, 0.1) is 3.70 Å². The molecule has 2 aromatic rings. The van der Waals surface area contributed by atoms with E-state index in [4.69, 9.17) is 10.5 Å². The molecule has 0 unspecified atom stereocenters. The standard InChI is InChI=1S/C12H17IN6O/c1-20-3-2-7-4-8(5-15-7)19-12-9(10(13)18-19)11(14)16-6-17-12/h6-8,15H,2-5H2,1H3,(H2,14,16,17)/t7-,8-/m0/s1. The highest BCUT2D eigenvalue weighted by Crippen LogP contribution is 2.28. The molecule has 1 aliphatic rings. The number of hydrogen-bond donors (Lipinski definition) is 2. The number of nitrogens with zero attached hydrogens (tertiary/aromatic N) is 4. The van der Waals surface area contributed by atoms with E-state index in [-0.39, 0.29) is 0 Å². The molecule has 0 radical (unpaired) electrons. The third kappa shape index (κ3) is 2.47. The predicted molar refractivity (Wildman–Crippen MR) is 84.4 cm³/mol. The summed E-state index contributed by atoms with van der Waals surface area (Å²) in [5, 5.41) is 8.96. The van der Waals surface area contributed by atoms with Crippen LogP contribution >= 0.6 is 22.6 Å². The topological polar surface area (TPSA) is 90.9 Å². The van der Waals surface area contributed by atoms with Gasteiger partial charge in [-0.15, -0.1) is 0 Å². The quantitative estimate of drug-likeness (QED) is 0.759. The van der Waals surface area contributed by atoms with Crippen LogP contribution in [0.15, 0.2) is 6.33 Å². The van der Waals surface area contributed by atoms with Crippen molar-refractivity contribution >= 4 is 39.4 Å². The molecule has 0 aliphatic carbocycles. The molecule has 0 bridgehead atoms. The zero-order valence-corrected chi connectivity index (χ0v) is 13.4. The predicted octanol–water partition coefficient (Wildman–Crippen LogP) is 0.953. The van der Waals surface area contributed by atoms with Crippen LogP contribution in [-0.2, 0) is 4.74 Å². The molecular weight excluding hydrogens is 371 g/mol. The summed E-state index contributed by atoms with van der Waals surface area (Å²) in [5.41, 5.74) is 6.74. The monoisotopic (exact) mass is 388 g/mol. The van der Waals surface area contributed by atoms with Gasteiger partial charge in [0.05, 0.1) is 11.4 Å². The Kier molecular flexibility index (Phi) is 4.03. The van der Waals surface area contributed by atoms with Crippen LogP contribution in [0.4, 0.5) is 5.82 Å². The molecule has 7 nitrogen and oxygen atoms in total. The number of aromatic nitrogens is 4. The molecule has 3 rings (SSSR count). The van der Waals surface area contributed by atoms with E-state index in [0.29, 0.717) is 17.9 Å². The number of nitrogen functional groups attached to an aromatic ring is 1. The first kappa shape index (κ1) is 14.0. The summed E-state index contributed by atoms with van der Waals surface area (Å²) < 4.78 is 7.97. The normalized spacial score (nSPS) is 22.7. The Morgan fingerprint density at radius 2 is 2.40 bits per heavy atom. The fourth-order valence-electron chi connectivity index (χ4n) is 2.67. The highest BCUT2D eigenvalue weighted by molar-refractivity contribution is 14.1. The van der Waals surface area contributed by atoms with Crippen LogP contribution in [0.5, 0.6) is 0 Å². The molecule has 0 amide bonds. The van der Waals surface area contributed by atoms with Crippen molar-refractivity contribution in [3.63, 3.8) is 0 Å². The highest BCUT2D eigenvalue weighted by Gasteiger charge is 2.28. The van der Waals surface area contributed by atoms with Crippen molar-refractivity contribution < 1.29 is 4.74 Å². The van der Waals surface area contributed by atoms with Crippen molar-refractivity contribution in [2.24, 2.45) is 0 Å². The van der Waals surface area contributed by atoms with Gasteiger partial charge in [-0.3, -0.25) is 0 Å². The summed E-state index contributed by atoms with van der Waals surface area (Å²) in [6.07, 6.45) is 3.54. The summed E-state index contributed by atoms with van der Waals surface area (Å²) in [6.45, 7) is 1.67. The van der Waals surface area contributed by atoms with E-state index in [2.05, 4.69) is 43.0 Å². The molecule has 0 saturated carbocycles. The average Bonchev–Trinajstić information content (AvgIpc) is 3.02. The van der Waals surface area contributed by atoms with Gasteiger partial charge in [0.25, 0.3) is 0 Å². The van der Waals surface area contributed by atoms with Crippen LogP contribution in [0.3, 0.4) is 0 Å². The lowest BCUT2D eigenvalue weighted by atomic mass is 10.1. The van der Waals surface area contributed by atoms with Gasteiger partial charge in [-0.25, -0.2) is 14.6 Å². The van der Waals surface area contributed by atoms with Gasteiger partial charge < -0.3 is 15.8 Å². The van der Waals surface area contributed by atoms with Crippen LogP contribution in [0.1, 0.15) is 18.9 Å². The first-order valence-corrected chi connectivity index (χ1v) is 7.65. The molecule has 1 aliphatic heterocycles. The molecule has 0 aromatic carbocycles. The zero-order chi connectivity index (χ0) is 14.1. The highest BCUT2D eigenvalue weighted by atomic mass is 127. The Hall–Kier alpha value is -1.00. The summed E-state index contributed by atoms with van der Waals surface area (Å²) in [4.78, 5) is 8.39. The molecular formula is C12H17IN6O. The number of rotatable bonds is 4. The number of ether oxygens (including phenoxy) is 1. The summed E-state index contributed by atoms with van der Waals surface area (Å²) >= 11 is 2.19. The lowest BCUT2D eigenvalue weighted by Crippen LogP contribution is -2.22. The Morgan fingerprint density at radius 3 is 3.20 bits per heavy atom. The largest absolute Gasteiger partial charge is 0.385 e. The molecule has 2 aromatic heterocycles. The number of nitrogens with two attached hydrogens (primary N) is 1. The van der Waals surface area contributed by atoms with Crippen LogP contribution in [0.25, 0.3) is 11.0 Å². The van der Waals surface area contributed by atoms with Crippen molar-refractivity contribution in [2.45, 2.75) is 24.9 Å². The number of anilines is 1. The lowest BCUT2D eigenvalue weighted by molar-refractivity contribution is 0.185. The molecule has 8 heteroatoms. The second kappa shape index (κ2) is 5.78. The second-order valence-corrected chi connectivity index (χ2v) is 5.99. The van der Waals surface area contributed by atoms with E-state index in [0.717, 1.165) is 40.7 Å². The Labute approximate surface area is 130 Å². The Bertz CT molecular complexity index is 615. The van der Waals surface area contributed by atoms with Crippen LogP contribution in [0.2, 0.25) is 0 Å². The minimum atomic E-state index is 0.303. The fraction of sp³-hybridized carbons (Fsp3) is 0.583. The van der Waals surface area contributed by atoms with Gasteiger partial charge in [0.15, 0.2) is 5.65 Å². The van der Waals surface area contributed by atoms with Crippen molar-refractivity contribution in [2.75, 3.05) is 26.0 Å². The molecule has 1 fully saturated rings. The molecule has 2 atom stereocenters. The summed E-state index contributed by atoms with van der Waals surface area (Å²) in [5.74, 6) is 0.493. The SMILES string of the molecule is COCC[C@H]1C[C@H](n2nc(I)c3c(N)ncnc32)CN1. The number of nitrogens with one attached hydrogen (secondary N) is 1. The third-order valence-corrected chi connectivity index (χ3v) is 4.45. The Balaban J connectivity index is 1.87. The Morgan fingerprint density at radius 1 is 1.55 bits per heavy atom. The number of halogens is 1. The van der Waals surface area contributed by atoms with Gasteiger partial charge >= 0.3 is 0 Å². The van der Waals surface area contributed by atoms with Crippen molar-refractivity contribution in [3.8, 4) is 0 Å². The zero-order valence-electron chi connectivity index (χ0n) is 11.2. The number of fused-ring (bicyclic) bond motifs is 1. The molecule has 0 spiro atoms. The smallest absolute Gasteiger partial charge is 0.164 e. The average molecular weight is 388 g/mol. The van der Waals surface area contributed by atoms with Crippen LogP contribution < -0.4 is 11.1 Å². The minimum Gasteiger partial charge on any atom is -0.385 e. The van der Waals surface area contributed by atoms with Gasteiger partial charge in [0, 0.05) is 26.3 Å². The van der Waals surface area contributed by atoms with Crippen molar-refractivity contribution in [1.29, 1.82) is 0 Å². The van der Waals surface area contributed by atoms with Gasteiger partial charge in [-0.2, -0.15) is 5.10 Å². The second-order valence-electron chi connectivity index (χ2n) is 4.97. The van der Waals surface area contributed by atoms with Gasteiger partial charge in [0.2, 0.25) is 0 Å².